The van der Waals surface area contributed by atoms with Crippen molar-refractivity contribution >= 4 is 22.2 Å². The molecule has 0 aliphatic rings. The van der Waals surface area contributed by atoms with Gasteiger partial charge in [0.1, 0.15) is 12.4 Å². The minimum absolute atomic E-state index is 0.656. The van der Waals surface area contributed by atoms with E-state index < -0.39 is 0 Å². The molecule has 0 amide bonds. The van der Waals surface area contributed by atoms with E-state index in [0.717, 1.165) is 29.7 Å². The van der Waals surface area contributed by atoms with Gasteiger partial charge in [-0.1, -0.05) is 6.07 Å². The lowest BCUT2D eigenvalue weighted by Crippen LogP contribution is -2.20. The molecule has 108 valence electrons. The number of nitrogens with one attached hydrogen (secondary N) is 1. The Balaban J connectivity index is 1.47. The van der Waals surface area contributed by atoms with Crippen molar-refractivity contribution in [3.8, 4) is 5.75 Å². The molecule has 3 aromatic rings. The first kappa shape index (κ1) is 14.0. The fourth-order valence-electron chi connectivity index (χ4n) is 2.16. The molecule has 0 saturated heterocycles. The smallest absolute Gasteiger partial charge is 0.121 e. The van der Waals surface area contributed by atoms with Crippen LogP contribution in [0.15, 0.2) is 48.0 Å². The molecule has 2 heterocycles. The zero-order valence-corrected chi connectivity index (χ0v) is 12.8. The molecule has 0 aliphatic heterocycles. The van der Waals surface area contributed by atoms with Gasteiger partial charge in [0.2, 0.25) is 0 Å². The zero-order chi connectivity index (χ0) is 14.5. The van der Waals surface area contributed by atoms with Crippen molar-refractivity contribution in [2.45, 2.75) is 13.5 Å². The van der Waals surface area contributed by atoms with Crippen molar-refractivity contribution in [3.63, 3.8) is 0 Å². The highest BCUT2D eigenvalue weighted by molar-refractivity contribution is 7.10. The lowest BCUT2D eigenvalue weighted by Gasteiger charge is -2.08. The Labute approximate surface area is 128 Å². The van der Waals surface area contributed by atoms with E-state index in [1.165, 1.54) is 10.4 Å². The molecule has 3 rings (SSSR count). The molecule has 0 unspecified atom stereocenters. The molecule has 0 radical (unpaired) electrons. The second-order valence-corrected chi connectivity index (χ2v) is 5.91. The predicted molar refractivity (Wildman–Crippen MR) is 88.0 cm³/mol. The Morgan fingerprint density at radius 1 is 1.24 bits per heavy atom. The van der Waals surface area contributed by atoms with E-state index in [0.29, 0.717) is 6.61 Å². The Kier molecular flexibility index (Phi) is 4.48. The third-order valence-corrected chi connectivity index (χ3v) is 4.40. The number of fused-ring (bicyclic) bond motifs is 1. The maximum Gasteiger partial charge on any atom is 0.121 e. The van der Waals surface area contributed by atoms with Crippen LogP contribution in [0.2, 0.25) is 0 Å². The molecule has 1 aromatic carbocycles. The zero-order valence-electron chi connectivity index (χ0n) is 12.0. The van der Waals surface area contributed by atoms with E-state index in [9.17, 15) is 0 Å². The highest BCUT2D eigenvalue weighted by Crippen LogP contribution is 2.18. The number of hydrogen-bond donors (Lipinski definition) is 1. The fourth-order valence-corrected chi connectivity index (χ4v) is 3.04. The Bertz CT molecular complexity index is 723. The molecule has 3 nitrogen and oxygen atoms in total. The van der Waals surface area contributed by atoms with Crippen LogP contribution in [0, 0.1) is 6.92 Å². The summed E-state index contributed by atoms with van der Waals surface area (Å²) in [6.45, 7) is 4.54. The quantitative estimate of drug-likeness (QED) is 0.703. The SMILES string of the molecule is Cc1ccsc1CNCCOc1ccc2cccnc2c1. The monoisotopic (exact) mass is 298 g/mol. The van der Waals surface area contributed by atoms with Gasteiger partial charge in [0.25, 0.3) is 0 Å². The summed E-state index contributed by atoms with van der Waals surface area (Å²) < 4.78 is 5.76. The summed E-state index contributed by atoms with van der Waals surface area (Å²) in [6.07, 6.45) is 1.80. The van der Waals surface area contributed by atoms with Gasteiger partial charge in [-0.3, -0.25) is 4.98 Å². The topological polar surface area (TPSA) is 34.1 Å². The number of hydrogen-bond acceptors (Lipinski definition) is 4. The minimum Gasteiger partial charge on any atom is -0.492 e. The standard InChI is InChI=1S/C17H18N2OS/c1-13-6-10-21-17(13)12-18-8-9-20-15-5-4-14-3-2-7-19-16(14)11-15/h2-7,10-11,18H,8-9,12H2,1H3. The van der Waals surface area contributed by atoms with Gasteiger partial charge in [-0.2, -0.15) is 0 Å². The van der Waals surface area contributed by atoms with Crippen molar-refractivity contribution in [2.75, 3.05) is 13.2 Å². The predicted octanol–water partition coefficient (Wildman–Crippen LogP) is 3.77. The number of thiophene rings is 1. The van der Waals surface area contributed by atoms with Gasteiger partial charge in [0.15, 0.2) is 0 Å². The van der Waals surface area contributed by atoms with Crippen LogP contribution in [0.25, 0.3) is 10.9 Å². The number of pyridine rings is 1. The van der Waals surface area contributed by atoms with Crippen molar-refractivity contribution in [1.29, 1.82) is 0 Å². The second-order valence-electron chi connectivity index (χ2n) is 4.91. The van der Waals surface area contributed by atoms with Gasteiger partial charge in [0.05, 0.1) is 5.52 Å². The molecule has 0 fully saturated rings. The van der Waals surface area contributed by atoms with Gasteiger partial charge in [-0.05, 0) is 42.1 Å². The molecule has 21 heavy (non-hydrogen) atoms. The van der Waals surface area contributed by atoms with E-state index >= 15 is 0 Å². The first-order valence-electron chi connectivity index (χ1n) is 7.04. The normalized spacial score (nSPS) is 10.9. The summed E-state index contributed by atoms with van der Waals surface area (Å²) in [5, 5.41) is 6.67. The summed E-state index contributed by atoms with van der Waals surface area (Å²) in [5.74, 6) is 0.871. The average molecular weight is 298 g/mol. The molecular weight excluding hydrogens is 280 g/mol. The maximum absolute atomic E-state index is 5.76. The third kappa shape index (κ3) is 3.60. The Morgan fingerprint density at radius 2 is 2.19 bits per heavy atom. The number of aromatic nitrogens is 1. The first-order chi connectivity index (χ1) is 10.3. The molecule has 0 aliphatic carbocycles. The molecule has 4 heteroatoms. The van der Waals surface area contributed by atoms with E-state index in [1.54, 1.807) is 17.5 Å². The lowest BCUT2D eigenvalue weighted by atomic mass is 10.2. The van der Waals surface area contributed by atoms with E-state index in [-0.39, 0.29) is 0 Å². The average Bonchev–Trinajstić information content (AvgIpc) is 2.92. The highest BCUT2D eigenvalue weighted by atomic mass is 32.1. The van der Waals surface area contributed by atoms with Gasteiger partial charge in [-0.15, -0.1) is 11.3 Å². The van der Waals surface area contributed by atoms with Crippen molar-refractivity contribution in [3.05, 3.63) is 58.4 Å². The van der Waals surface area contributed by atoms with Crippen LogP contribution in [0.3, 0.4) is 0 Å². The summed E-state index contributed by atoms with van der Waals surface area (Å²) in [4.78, 5) is 5.73. The summed E-state index contributed by atoms with van der Waals surface area (Å²) in [5.41, 5.74) is 2.33. The Hall–Kier alpha value is -1.91. The third-order valence-electron chi connectivity index (χ3n) is 3.38. The number of rotatable bonds is 6. The summed E-state index contributed by atoms with van der Waals surface area (Å²) >= 11 is 1.79. The van der Waals surface area contributed by atoms with Gasteiger partial charge in [-0.25, -0.2) is 0 Å². The van der Waals surface area contributed by atoms with Crippen molar-refractivity contribution in [2.24, 2.45) is 0 Å². The Morgan fingerprint density at radius 3 is 3.05 bits per heavy atom. The van der Waals surface area contributed by atoms with Gasteiger partial charge < -0.3 is 10.1 Å². The molecule has 0 spiro atoms. The van der Waals surface area contributed by atoms with Crippen LogP contribution in [-0.2, 0) is 6.54 Å². The van der Waals surface area contributed by atoms with E-state index in [2.05, 4.69) is 34.7 Å². The van der Waals surface area contributed by atoms with Crippen LogP contribution < -0.4 is 10.1 Å². The largest absolute Gasteiger partial charge is 0.492 e. The van der Waals surface area contributed by atoms with Crippen LogP contribution >= 0.6 is 11.3 Å². The van der Waals surface area contributed by atoms with Crippen LogP contribution in [0.4, 0.5) is 0 Å². The first-order valence-corrected chi connectivity index (χ1v) is 7.92. The molecule has 0 saturated carbocycles. The molecule has 1 N–H and O–H groups in total. The van der Waals surface area contributed by atoms with Gasteiger partial charge in [0, 0.05) is 35.6 Å². The molecular formula is C17H18N2OS. The van der Waals surface area contributed by atoms with Gasteiger partial charge >= 0.3 is 0 Å². The fraction of sp³-hybridized carbons (Fsp3) is 0.235. The van der Waals surface area contributed by atoms with Crippen molar-refractivity contribution < 1.29 is 4.74 Å². The lowest BCUT2D eigenvalue weighted by molar-refractivity contribution is 0.314. The van der Waals surface area contributed by atoms with E-state index in [1.807, 2.05) is 24.3 Å². The second kappa shape index (κ2) is 6.70. The maximum atomic E-state index is 5.76. The van der Waals surface area contributed by atoms with Crippen LogP contribution in [0.1, 0.15) is 10.4 Å². The van der Waals surface area contributed by atoms with Crippen molar-refractivity contribution in [1.82, 2.24) is 10.3 Å². The number of aryl methyl sites for hydroxylation is 1. The van der Waals surface area contributed by atoms with Crippen LogP contribution in [0.5, 0.6) is 5.75 Å². The molecule has 2 aromatic heterocycles. The number of ether oxygens (including phenoxy) is 1. The highest BCUT2D eigenvalue weighted by Gasteiger charge is 2.00. The molecule has 0 bridgehead atoms. The number of nitrogens with zero attached hydrogens (tertiary/aromatic N) is 1. The summed E-state index contributed by atoms with van der Waals surface area (Å²) in [7, 11) is 0. The van der Waals surface area contributed by atoms with E-state index in [4.69, 9.17) is 4.74 Å². The minimum atomic E-state index is 0.656. The summed E-state index contributed by atoms with van der Waals surface area (Å²) in [6, 6.07) is 12.2. The number of benzene rings is 1. The van der Waals surface area contributed by atoms with Crippen LogP contribution in [-0.4, -0.2) is 18.1 Å². The molecule has 0 atom stereocenters.